The minimum Gasteiger partial charge on any atom is -0.443 e. The van der Waals surface area contributed by atoms with Gasteiger partial charge < -0.3 is 4.42 Å². The summed E-state index contributed by atoms with van der Waals surface area (Å²) in [5.74, 6) is 0. The van der Waals surface area contributed by atoms with Crippen molar-refractivity contribution in [1.82, 2.24) is 4.98 Å². The summed E-state index contributed by atoms with van der Waals surface area (Å²) >= 11 is 0. The third-order valence-electron chi connectivity index (χ3n) is 2.15. The first-order valence-electron chi connectivity index (χ1n) is 4.59. The van der Waals surface area contributed by atoms with E-state index in [4.69, 9.17) is 9.68 Å². The summed E-state index contributed by atoms with van der Waals surface area (Å²) in [5.41, 5.74) is 2.90. The zero-order chi connectivity index (χ0) is 9.80. The quantitative estimate of drug-likeness (QED) is 0.692. The Balaban J connectivity index is 2.14. The highest BCUT2D eigenvalue weighted by atomic mass is 16.3. The fourth-order valence-corrected chi connectivity index (χ4v) is 1.43. The predicted molar refractivity (Wildman–Crippen MR) is 52.6 cm³/mol. The standard InChI is InChI=1S/C11H10N2O/c12-6-2-1-3-9-4-5-10-11(7-9)14-8-13-10/h4-5,7-8H,1-3H2. The number of hydrogen-bond acceptors (Lipinski definition) is 3. The average molecular weight is 186 g/mol. The van der Waals surface area contributed by atoms with Gasteiger partial charge in [-0.05, 0) is 30.5 Å². The molecule has 3 heteroatoms. The van der Waals surface area contributed by atoms with Crippen LogP contribution in [0.15, 0.2) is 29.0 Å². The third kappa shape index (κ3) is 1.74. The van der Waals surface area contributed by atoms with Crippen molar-refractivity contribution in [3.63, 3.8) is 0 Å². The summed E-state index contributed by atoms with van der Waals surface area (Å²) in [7, 11) is 0. The van der Waals surface area contributed by atoms with Crippen LogP contribution >= 0.6 is 0 Å². The number of fused-ring (bicyclic) bond motifs is 1. The van der Waals surface area contributed by atoms with Gasteiger partial charge in [-0.2, -0.15) is 5.26 Å². The van der Waals surface area contributed by atoms with Gasteiger partial charge >= 0.3 is 0 Å². The number of oxazole rings is 1. The van der Waals surface area contributed by atoms with E-state index in [1.165, 1.54) is 12.0 Å². The van der Waals surface area contributed by atoms with Crippen LogP contribution in [0.5, 0.6) is 0 Å². The van der Waals surface area contributed by atoms with Crippen LogP contribution in [0.25, 0.3) is 11.1 Å². The molecule has 1 aromatic heterocycles. The molecule has 0 saturated heterocycles. The molecule has 0 spiro atoms. The van der Waals surface area contributed by atoms with E-state index in [1.807, 2.05) is 18.2 Å². The lowest BCUT2D eigenvalue weighted by Crippen LogP contribution is -1.84. The topological polar surface area (TPSA) is 49.8 Å². The lowest BCUT2D eigenvalue weighted by Gasteiger charge is -1.97. The van der Waals surface area contributed by atoms with Crippen LogP contribution in [0, 0.1) is 11.3 Å². The van der Waals surface area contributed by atoms with E-state index in [0.29, 0.717) is 6.42 Å². The molecule has 1 heterocycles. The fraction of sp³-hybridized carbons (Fsp3) is 0.273. The average Bonchev–Trinajstić information content (AvgIpc) is 2.65. The number of aryl methyl sites for hydroxylation is 1. The molecule has 0 unspecified atom stereocenters. The zero-order valence-electron chi connectivity index (χ0n) is 7.73. The van der Waals surface area contributed by atoms with E-state index in [9.17, 15) is 0 Å². The van der Waals surface area contributed by atoms with Crippen molar-refractivity contribution >= 4 is 11.1 Å². The second-order valence-electron chi connectivity index (χ2n) is 3.17. The van der Waals surface area contributed by atoms with Gasteiger partial charge in [-0.15, -0.1) is 0 Å². The Morgan fingerprint density at radius 2 is 2.36 bits per heavy atom. The van der Waals surface area contributed by atoms with Gasteiger partial charge in [-0.1, -0.05) is 6.07 Å². The Hall–Kier alpha value is -1.82. The van der Waals surface area contributed by atoms with Gasteiger partial charge in [0.1, 0.15) is 5.52 Å². The summed E-state index contributed by atoms with van der Waals surface area (Å²) in [6.45, 7) is 0. The van der Waals surface area contributed by atoms with Crippen LogP contribution in [-0.4, -0.2) is 4.98 Å². The first kappa shape index (κ1) is 8.76. The molecule has 0 radical (unpaired) electrons. The molecular weight excluding hydrogens is 176 g/mol. The van der Waals surface area contributed by atoms with Crippen molar-refractivity contribution in [2.75, 3.05) is 0 Å². The molecule has 0 fully saturated rings. The van der Waals surface area contributed by atoms with Gasteiger partial charge in [0.25, 0.3) is 0 Å². The van der Waals surface area contributed by atoms with E-state index in [2.05, 4.69) is 11.1 Å². The van der Waals surface area contributed by atoms with E-state index < -0.39 is 0 Å². The highest BCUT2D eigenvalue weighted by molar-refractivity contribution is 5.72. The molecule has 0 aliphatic heterocycles. The summed E-state index contributed by atoms with van der Waals surface area (Å²) in [6.07, 6.45) is 3.87. The summed E-state index contributed by atoms with van der Waals surface area (Å²) in [5, 5.41) is 8.40. The molecule has 0 aliphatic rings. The van der Waals surface area contributed by atoms with Crippen molar-refractivity contribution in [3.05, 3.63) is 30.2 Å². The van der Waals surface area contributed by atoms with Crippen molar-refractivity contribution in [3.8, 4) is 6.07 Å². The maximum absolute atomic E-state index is 8.40. The Bertz CT molecular complexity index is 467. The molecule has 0 atom stereocenters. The van der Waals surface area contributed by atoms with E-state index >= 15 is 0 Å². The first-order chi connectivity index (χ1) is 6.90. The molecule has 0 saturated carbocycles. The van der Waals surface area contributed by atoms with Crippen LogP contribution in [0.3, 0.4) is 0 Å². The van der Waals surface area contributed by atoms with Gasteiger partial charge in [0.2, 0.25) is 0 Å². The van der Waals surface area contributed by atoms with Crippen LogP contribution in [0.1, 0.15) is 18.4 Å². The number of nitriles is 1. The minimum atomic E-state index is 0.606. The fourth-order valence-electron chi connectivity index (χ4n) is 1.43. The summed E-state index contributed by atoms with van der Waals surface area (Å²) < 4.78 is 5.19. The third-order valence-corrected chi connectivity index (χ3v) is 2.15. The number of aromatic nitrogens is 1. The second-order valence-corrected chi connectivity index (χ2v) is 3.17. The maximum Gasteiger partial charge on any atom is 0.181 e. The lowest BCUT2D eigenvalue weighted by atomic mass is 10.1. The number of nitrogens with zero attached hydrogens (tertiary/aromatic N) is 2. The minimum absolute atomic E-state index is 0.606. The van der Waals surface area contributed by atoms with Crippen molar-refractivity contribution in [2.24, 2.45) is 0 Å². The lowest BCUT2D eigenvalue weighted by molar-refractivity contribution is 0.601. The van der Waals surface area contributed by atoms with Gasteiger partial charge in [-0.25, -0.2) is 4.98 Å². The van der Waals surface area contributed by atoms with Gasteiger partial charge in [0.05, 0.1) is 6.07 Å². The smallest absolute Gasteiger partial charge is 0.181 e. The Labute approximate surface area is 82.0 Å². The Morgan fingerprint density at radius 1 is 1.43 bits per heavy atom. The molecule has 0 N–H and O–H groups in total. The van der Waals surface area contributed by atoms with E-state index in [-0.39, 0.29) is 0 Å². The Kier molecular flexibility index (Phi) is 2.46. The van der Waals surface area contributed by atoms with Crippen molar-refractivity contribution in [2.45, 2.75) is 19.3 Å². The summed E-state index contributed by atoms with van der Waals surface area (Å²) in [4.78, 5) is 4.04. The maximum atomic E-state index is 8.40. The SMILES string of the molecule is N#CCCCc1ccc2ncoc2c1. The van der Waals surface area contributed by atoms with Crippen LogP contribution in [0.4, 0.5) is 0 Å². The molecule has 0 amide bonds. The van der Waals surface area contributed by atoms with E-state index in [0.717, 1.165) is 23.9 Å². The molecule has 0 bridgehead atoms. The number of unbranched alkanes of at least 4 members (excludes halogenated alkanes) is 1. The zero-order valence-corrected chi connectivity index (χ0v) is 7.73. The van der Waals surface area contributed by atoms with Crippen LogP contribution in [-0.2, 0) is 6.42 Å². The highest BCUT2D eigenvalue weighted by Crippen LogP contribution is 2.15. The van der Waals surface area contributed by atoms with Crippen LogP contribution < -0.4 is 0 Å². The highest BCUT2D eigenvalue weighted by Gasteiger charge is 1.99. The largest absolute Gasteiger partial charge is 0.443 e. The first-order valence-corrected chi connectivity index (χ1v) is 4.59. The van der Waals surface area contributed by atoms with Crippen molar-refractivity contribution in [1.29, 1.82) is 5.26 Å². The van der Waals surface area contributed by atoms with Crippen LogP contribution in [0.2, 0.25) is 0 Å². The molecule has 14 heavy (non-hydrogen) atoms. The van der Waals surface area contributed by atoms with Crippen molar-refractivity contribution < 1.29 is 4.42 Å². The molecule has 1 aromatic carbocycles. The molecule has 0 aliphatic carbocycles. The molecule has 3 nitrogen and oxygen atoms in total. The summed E-state index contributed by atoms with van der Waals surface area (Å²) in [6, 6.07) is 8.10. The second kappa shape index (κ2) is 3.93. The van der Waals surface area contributed by atoms with Gasteiger partial charge in [0.15, 0.2) is 12.0 Å². The monoisotopic (exact) mass is 186 g/mol. The molecule has 2 rings (SSSR count). The van der Waals surface area contributed by atoms with Gasteiger partial charge in [0, 0.05) is 6.42 Å². The Morgan fingerprint density at radius 3 is 3.21 bits per heavy atom. The van der Waals surface area contributed by atoms with E-state index in [1.54, 1.807) is 0 Å². The number of hydrogen-bond donors (Lipinski definition) is 0. The normalized spacial score (nSPS) is 10.2. The predicted octanol–water partition coefficient (Wildman–Crippen LogP) is 2.67. The molecular formula is C11H10N2O. The number of benzene rings is 1. The number of rotatable bonds is 3. The molecule has 2 aromatic rings. The van der Waals surface area contributed by atoms with Gasteiger partial charge in [-0.3, -0.25) is 0 Å². The molecule has 70 valence electrons.